The number of anilines is 1. The Balaban J connectivity index is 1.47. The average molecular weight is 368 g/mol. The number of benzene rings is 3. The Hall–Kier alpha value is -2.65. The summed E-state index contributed by atoms with van der Waals surface area (Å²) in [5.41, 5.74) is 3.41. The van der Waals surface area contributed by atoms with Gasteiger partial charge in [0.15, 0.2) is 0 Å². The summed E-state index contributed by atoms with van der Waals surface area (Å²) in [6.45, 7) is 1.39. The summed E-state index contributed by atoms with van der Waals surface area (Å²) in [5.74, 6) is 1.56. The SMILES string of the molecule is COc1ccc(NCc2ccc(OCCc3ccccc3)cc2)cc1Cl. The van der Waals surface area contributed by atoms with Crippen molar-refractivity contribution in [3.8, 4) is 11.5 Å². The van der Waals surface area contributed by atoms with Gasteiger partial charge in [0.1, 0.15) is 11.5 Å². The predicted molar refractivity (Wildman–Crippen MR) is 107 cm³/mol. The maximum Gasteiger partial charge on any atom is 0.137 e. The van der Waals surface area contributed by atoms with E-state index in [4.69, 9.17) is 21.1 Å². The Morgan fingerprint density at radius 3 is 2.35 bits per heavy atom. The van der Waals surface area contributed by atoms with Crippen LogP contribution in [0.1, 0.15) is 11.1 Å². The van der Waals surface area contributed by atoms with Crippen LogP contribution >= 0.6 is 11.6 Å². The van der Waals surface area contributed by atoms with Crippen molar-refractivity contribution in [3.05, 3.63) is 88.9 Å². The molecule has 0 aromatic heterocycles. The van der Waals surface area contributed by atoms with Crippen molar-refractivity contribution in [2.24, 2.45) is 0 Å². The Bertz CT molecular complexity index is 819. The van der Waals surface area contributed by atoms with Crippen LogP contribution in [0.3, 0.4) is 0 Å². The second-order valence-corrected chi connectivity index (χ2v) is 6.34. The third-order valence-corrected chi connectivity index (χ3v) is 4.37. The van der Waals surface area contributed by atoms with Gasteiger partial charge in [-0.15, -0.1) is 0 Å². The Morgan fingerprint density at radius 2 is 1.65 bits per heavy atom. The summed E-state index contributed by atoms with van der Waals surface area (Å²) in [7, 11) is 1.61. The molecule has 1 N–H and O–H groups in total. The summed E-state index contributed by atoms with van der Waals surface area (Å²) in [6.07, 6.45) is 0.905. The standard InChI is InChI=1S/C22H22ClNO2/c1-25-22-12-9-19(15-21(22)23)24-16-18-7-10-20(11-8-18)26-14-13-17-5-3-2-4-6-17/h2-12,15,24H,13-14,16H2,1H3. The molecule has 0 aliphatic rings. The van der Waals surface area contributed by atoms with E-state index in [0.29, 0.717) is 23.9 Å². The highest BCUT2D eigenvalue weighted by atomic mass is 35.5. The molecule has 0 aliphatic heterocycles. The number of halogens is 1. The number of nitrogens with one attached hydrogen (secondary N) is 1. The van der Waals surface area contributed by atoms with Crippen LogP contribution in [0.5, 0.6) is 11.5 Å². The molecular formula is C22H22ClNO2. The second-order valence-electron chi connectivity index (χ2n) is 5.93. The zero-order valence-electron chi connectivity index (χ0n) is 14.7. The second kappa shape index (κ2) is 9.16. The summed E-state index contributed by atoms with van der Waals surface area (Å²) < 4.78 is 11.0. The molecule has 0 saturated carbocycles. The van der Waals surface area contributed by atoms with Crippen LogP contribution in [0, 0.1) is 0 Å². The van der Waals surface area contributed by atoms with Crippen molar-refractivity contribution in [1.29, 1.82) is 0 Å². The van der Waals surface area contributed by atoms with Crippen LogP contribution in [0.4, 0.5) is 5.69 Å². The molecule has 26 heavy (non-hydrogen) atoms. The lowest BCUT2D eigenvalue weighted by atomic mass is 10.2. The highest BCUT2D eigenvalue weighted by Crippen LogP contribution is 2.27. The number of ether oxygens (including phenoxy) is 2. The van der Waals surface area contributed by atoms with E-state index in [9.17, 15) is 0 Å². The molecule has 0 radical (unpaired) electrons. The van der Waals surface area contributed by atoms with Crippen LogP contribution in [0.25, 0.3) is 0 Å². The number of rotatable bonds is 8. The largest absolute Gasteiger partial charge is 0.495 e. The fourth-order valence-electron chi connectivity index (χ4n) is 2.62. The van der Waals surface area contributed by atoms with Crippen LogP contribution in [0.2, 0.25) is 5.02 Å². The van der Waals surface area contributed by atoms with Gasteiger partial charge < -0.3 is 14.8 Å². The van der Waals surface area contributed by atoms with Gasteiger partial charge in [-0.1, -0.05) is 54.1 Å². The van der Waals surface area contributed by atoms with Gasteiger partial charge in [0, 0.05) is 18.7 Å². The average Bonchev–Trinajstić information content (AvgIpc) is 2.68. The molecule has 0 unspecified atom stereocenters. The molecule has 3 rings (SSSR count). The summed E-state index contributed by atoms with van der Waals surface area (Å²) >= 11 is 6.14. The van der Waals surface area contributed by atoms with Gasteiger partial charge in [-0.2, -0.15) is 0 Å². The molecule has 0 heterocycles. The molecule has 0 atom stereocenters. The van der Waals surface area contributed by atoms with Gasteiger partial charge in [0.25, 0.3) is 0 Å². The molecular weight excluding hydrogens is 346 g/mol. The first-order valence-electron chi connectivity index (χ1n) is 8.57. The molecule has 4 heteroatoms. The van der Waals surface area contributed by atoms with Gasteiger partial charge in [-0.05, 0) is 41.5 Å². The van der Waals surface area contributed by atoms with Crippen molar-refractivity contribution in [3.63, 3.8) is 0 Å². The van der Waals surface area contributed by atoms with E-state index in [1.165, 1.54) is 11.1 Å². The zero-order valence-corrected chi connectivity index (χ0v) is 15.5. The zero-order chi connectivity index (χ0) is 18.2. The Morgan fingerprint density at radius 1 is 0.885 bits per heavy atom. The van der Waals surface area contributed by atoms with Crippen LogP contribution in [-0.2, 0) is 13.0 Å². The molecule has 0 aliphatic carbocycles. The van der Waals surface area contributed by atoms with Gasteiger partial charge in [-0.3, -0.25) is 0 Å². The lowest BCUT2D eigenvalue weighted by Crippen LogP contribution is -2.02. The maximum atomic E-state index is 6.14. The van der Waals surface area contributed by atoms with Crippen molar-refractivity contribution < 1.29 is 9.47 Å². The lowest BCUT2D eigenvalue weighted by Gasteiger charge is -2.10. The van der Waals surface area contributed by atoms with E-state index in [1.807, 2.05) is 48.5 Å². The van der Waals surface area contributed by atoms with Crippen molar-refractivity contribution in [1.82, 2.24) is 0 Å². The summed E-state index contributed by atoms with van der Waals surface area (Å²) in [4.78, 5) is 0. The quantitative estimate of drug-likeness (QED) is 0.563. The van der Waals surface area contributed by atoms with E-state index in [1.54, 1.807) is 7.11 Å². The van der Waals surface area contributed by atoms with Crippen LogP contribution < -0.4 is 14.8 Å². The molecule has 0 spiro atoms. The first-order valence-corrected chi connectivity index (χ1v) is 8.95. The van der Waals surface area contributed by atoms with Crippen molar-refractivity contribution in [2.45, 2.75) is 13.0 Å². The fraction of sp³-hybridized carbons (Fsp3) is 0.182. The smallest absolute Gasteiger partial charge is 0.137 e. The van der Waals surface area contributed by atoms with E-state index < -0.39 is 0 Å². The highest BCUT2D eigenvalue weighted by molar-refractivity contribution is 6.32. The summed E-state index contributed by atoms with van der Waals surface area (Å²) in [5, 5.41) is 3.95. The minimum atomic E-state index is 0.597. The molecule has 0 bridgehead atoms. The number of methoxy groups -OCH3 is 1. The Kier molecular flexibility index (Phi) is 6.39. The third-order valence-electron chi connectivity index (χ3n) is 4.07. The third kappa shape index (κ3) is 5.17. The molecule has 3 aromatic rings. The minimum Gasteiger partial charge on any atom is -0.495 e. The monoisotopic (exact) mass is 367 g/mol. The predicted octanol–water partition coefficient (Wildman–Crippen LogP) is 5.58. The van der Waals surface area contributed by atoms with Crippen LogP contribution in [0.15, 0.2) is 72.8 Å². The normalized spacial score (nSPS) is 10.4. The van der Waals surface area contributed by atoms with Crippen LogP contribution in [-0.4, -0.2) is 13.7 Å². The maximum absolute atomic E-state index is 6.14. The first-order chi connectivity index (χ1) is 12.7. The van der Waals surface area contributed by atoms with Crippen molar-refractivity contribution >= 4 is 17.3 Å². The van der Waals surface area contributed by atoms with Gasteiger partial charge in [0.05, 0.1) is 18.7 Å². The van der Waals surface area contributed by atoms with Gasteiger partial charge in [0.2, 0.25) is 0 Å². The Labute approximate surface area is 159 Å². The number of hydrogen-bond donors (Lipinski definition) is 1. The molecule has 3 aromatic carbocycles. The van der Waals surface area contributed by atoms with Crippen molar-refractivity contribution in [2.75, 3.05) is 19.0 Å². The topological polar surface area (TPSA) is 30.5 Å². The van der Waals surface area contributed by atoms with E-state index in [2.05, 4.69) is 29.6 Å². The molecule has 3 nitrogen and oxygen atoms in total. The first kappa shape index (κ1) is 18.2. The summed E-state index contributed by atoms with van der Waals surface area (Å²) in [6, 6.07) is 24.2. The molecule has 134 valence electrons. The van der Waals surface area contributed by atoms with Gasteiger partial charge >= 0.3 is 0 Å². The number of hydrogen-bond acceptors (Lipinski definition) is 3. The lowest BCUT2D eigenvalue weighted by molar-refractivity contribution is 0.322. The molecule has 0 saturated heterocycles. The fourth-order valence-corrected chi connectivity index (χ4v) is 2.87. The highest BCUT2D eigenvalue weighted by Gasteiger charge is 2.02. The van der Waals surface area contributed by atoms with E-state index in [0.717, 1.165) is 17.9 Å². The van der Waals surface area contributed by atoms with E-state index >= 15 is 0 Å². The minimum absolute atomic E-state index is 0.597. The molecule has 0 amide bonds. The molecule has 0 fully saturated rings. The van der Waals surface area contributed by atoms with E-state index in [-0.39, 0.29) is 0 Å². The van der Waals surface area contributed by atoms with Gasteiger partial charge in [-0.25, -0.2) is 0 Å².